The maximum atomic E-state index is 12.2. The summed E-state index contributed by atoms with van der Waals surface area (Å²) in [7, 11) is 1.54. The maximum Gasteiger partial charge on any atom is 0.293 e. The lowest BCUT2D eigenvalue weighted by atomic mass is 9.96. The molecule has 1 aliphatic heterocycles. The molecule has 1 amide bonds. The van der Waals surface area contributed by atoms with E-state index in [0.717, 1.165) is 4.47 Å². The lowest BCUT2D eigenvalue weighted by molar-refractivity contribution is -0.133. The molecule has 0 spiro atoms. The van der Waals surface area contributed by atoms with Gasteiger partial charge in [0, 0.05) is 10.0 Å². The zero-order chi connectivity index (χ0) is 17.3. The van der Waals surface area contributed by atoms with E-state index < -0.39 is 17.7 Å². The van der Waals surface area contributed by atoms with Crippen LogP contribution in [0.25, 0.3) is 5.76 Å². The van der Waals surface area contributed by atoms with Crippen molar-refractivity contribution in [2.24, 2.45) is 0 Å². The second-order valence-corrected chi connectivity index (χ2v) is 6.19. The molecule has 1 heterocycles. The minimum absolute atomic E-state index is 0.0486. The van der Waals surface area contributed by atoms with Gasteiger partial charge >= 0.3 is 0 Å². The summed E-state index contributed by atoms with van der Waals surface area (Å²) in [5.41, 5.74) is 1.21. The molecule has 0 unspecified atom stereocenters. The minimum Gasteiger partial charge on any atom is -0.507 e. The molecule has 0 radical (unpaired) electrons. The predicted octanol–water partition coefficient (Wildman–Crippen LogP) is 3.17. The molecule has 1 atom stereocenters. The Bertz CT molecular complexity index is 825. The van der Waals surface area contributed by atoms with Crippen molar-refractivity contribution in [3.05, 3.63) is 69.7 Å². The van der Waals surface area contributed by atoms with E-state index in [1.807, 2.05) is 12.1 Å². The van der Waals surface area contributed by atoms with Gasteiger partial charge in [-0.15, -0.1) is 0 Å². The molecule has 2 N–H and O–H groups in total. The molecule has 0 saturated carbocycles. The second-order valence-electron chi connectivity index (χ2n) is 5.28. The van der Waals surface area contributed by atoms with Gasteiger partial charge in [-0.3, -0.25) is 9.59 Å². The van der Waals surface area contributed by atoms with Crippen LogP contribution >= 0.6 is 15.9 Å². The molecular weight excluding hydrogens is 374 g/mol. The number of aliphatic hydroxyl groups is 1. The van der Waals surface area contributed by atoms with Crippen molar-refractivity contribution in [1.29, 1.82) is 0 Å². The molecule has 2 aromatic carbocycles. The zero-order valence-electron chi connectivity index (χ0n) is 12.7. The third-order valence-corrected chi connectivity index (χ3v) is 4.37. The van der Waals surface area contributed by atoms with Gasteiger partial charge in [-0.05, 0) is 42.0 Å². The minimum atomic E-state index is -0.726. The summed E-state index contributed by atoms with van der Waals surface area (Å²) < 4.78 is 5.96. The molecule has 0 aliphatic carbocycles. The third kappa shape index (κ3) is 2.92. The SMILES string of the molecule is COc1ccc(C(O)=C2C(=O)C(=O)N[C@@H]2c2ccc(Br)cc2)cc1. The van der Waals surface area contributed by atoms with Gasteiger partial charge < -0.3 is 15.2 Å². The highest BCUT2D eigenvalue weighted by Crippen LogP contribution is 2.33. The van der Waals surface area contributed by atoms with Crippen LogP contribution in [0.15, 0.2) is 58.6 Å². The molecule has 1 aliphatic rings. The number of benzene rings is 2. The summed E-state index contributed by atoms with van der Waals surface area (Å²) in [6, 6.07) is 13.1. The van der Waals surface area contributed by atoms with E-state index in [-0.39, 0.29) is 11.3 Å². The number of hydrogen-bond acceptors (Lipinski definition) is 4. The highest BCUT2D eigenvalue weighted by molar-refractivity contribution is 9.10. The van der Waals surface area contributed by atoms with Crippen molar-refractivity contribution in [3.8, 4) is 5.75 Å². The number of carbonyl (C=O) groups excluding carboxylic acids is 2. The maximum absolute atomic E-state index is 12.2. The average Bonchev–Trinajstić information content (AvgIpc) is 2.90. The van der Waals surface area contributed by atoms with Crippen molar-refractivity contribution in [2.75, 3.05) is 7.11 Å². The Labute approximate surface area is 147 Å². The smallest absolute Gasteiger partial charge is 0.293 e. The molecule has 1 saturated heterocycles. The molecular formula is C18H14BrNO4. The van der Waals surface area contributed by atoms with Crippen LogP contribution in [0, 0.1) is 0 Å². The topological polar surface area (TPSA) is 75.6 Å². The summed E-state index contributed by atoms with van der Waals surface area (Å²) in [6.07, 6.45) is 0. The van der Waals surface area contributed by atoms with Gasteiger partial charge in [0.1, 0.15) is 11.5 Å². The van der Waals surface area contributed by atoms with E-state index in [0.29, 0.717) is 16.9 Å². The highest BCUT2D eigenvalue weighted by atomic mass is 79.9. The van der Waals surface area contributed by atoms with Gasteiger partial charge in [0.25, 0.3) is 11.7 Å². The molecule has 1 fully saturated rings. The monoisotopic (exact) mass is 387 g/mol. The number of hydrogen-bond donors (Lipinski definition) is 2. The van der Waals surface area contributed by atoms with Crippen LogP contribution in [-0.4, -0.2) is 23.9 Å². The number of ether oxygens (including phenoxy) is 1. The number of Topliss-reactive ketones (excluding diaryl/α,β-unsaturated/α-hetero) is 1. The summed E-state index contributed by atoms with van der Waals surface area (Å²) in [5.74, 6) is -1.03. The first-order valence-corrected chi connectivity index (χ1v) is 7.98. The normalized spacial score (nSPS) is 19.2. The Morgan fingerprint density at radius 1 is 1.08 bits per heavy atom. The van der Waals surface area contributed by atoms with E-state index in [1.165, 1.54) is 0 Å². The number of methoxy groups -OCH3 is 1. The fourth-order valence-corrected chi connectivity index (χ4v) is 2.84. The Kier molecular flexibility index (Phi) is 4.40. The van der Waals surface area contributed by atoms with E-state index in [1.54, 1.807) is 43.5 Å². The fraction of sp³-hybridized carbons (Fsp3) is 0.111. The van der Waals surface area contributed by atoms with E-state index in [2.05, 4.69) is 21.2 Å². The lowest BCUT2D eigenvalue weighted by Gasteiger charge is -2.14. The average molecular weight is 388 g/mol. The first kappa shape index (κ1) is 16.3. The molecule has 122 valence electrons. The summed E-state index contributed by atoms with van der Waals surface area (Å²) in [5, 5.41) is 13.2. The summed E-state index contributed by atoms with van der Waals surface area (Å²) in [4.78, 5) is 24.1. The second kappa shape index (κ2) is 6.49. The molecule has 5 nitrogen and oxygen atoms in total. The van der Waals surface area contributed by atoms with E-state index in [9.17, 15) is 14.7 Å². The number of carbonyl (C=O) groups is 2. The van der Waals surface area contributed by atoms with E-state index >= 15 is 0 Å². The molecule has 2 aromatic rings. The molecule has 3 rings (SSSR count). The fourth-order valence-electron chi connectivity index (χ4n) is 2.58. The van der Waals surface area contributed by atoms with Gasteiger partial charge in [-0.2, -0.15) is 0 Å². The summed E-state index contributed by atoms with van der Waals surface area (Å²) >= 11 is 3.34. The molecule has 0 bridgehead atoms. The number of aliphatic hydroxyl groups excluding tert-OH is 1. The standard InChI is InChI=1S/C18H14BrNO4/c1-24-13-8-4-11(5-9-13)16(21)14-15(20-18(23)17(14)22)10-2-6-12(19)7-3-10/h2-9,15,21H,1H3,(H,20,23)/t15-/m1/s1. The van der Waals surface area contributed by atoms with Crippen LogP contribution in [0.1, 0.15) is 17.2 Å². The lowest BCUT2D eigenvalue weighted by Crippen LogP contribution is -2.21. The van der Waals surface area contributed by atoms with Gasteiger partial charge in [0.05, 0.1) is 18.7 Å². The number of ketones is 1. The zero-order valence-corrected chi connectivity index (χ0v) is 14.3. The van der Waals surface area contributed by atoms with Gasteiger partial charge in [0.15, 0.2) is 0 Å². The highest BCUT2D eigenvalue weighted by Gasteiger charge is 2.39. The van der Waals surface area contributed by atoms with Crippen LogP contribution in [0.5, 0.6) is 5.75 Å². The Morgan fingerprint density at radius 3 is 2.29 bits per heavy atom. The van der Waals surface area contributed by atoms with Crippen LogP contribution in [-0.2, 0) is 9.59 Å². The first-order valence-electron chi connectivity index (χ1n) is 7.19. The number of rotatable bonds is 3. The molecule has 0 aromatic heterocycles. The number of amides is 1. The number of nitrogens with one attached hydrogen (secondary N) is 1. The van der Waals surface area contributed by atoms with Crippen molar-refractivity contribution in [1.82, 2.24) is 5.32 Å². The first-order chi connectivity index (χ1) is 11.5. The number of halogens is 1. The Morgan fingerprint density at radius 2 is 1.71 bits per heavy atom. The van der Waals surface area contributed by atoms with Crippen LogP contribution in [0.3, 0.4) is 0 Å². The Hall–Kier alpha value is -2.60. The molecule has 24 heavy (non-hydrogen) atoms. The van der Waals surface area contributed by atoms with Crippen LogP contribution in [0.2, 0.25) is 0 Å². The van der Waals surface area contributed by atoms with Crippen LogP contribution in [0.4, 0.5) is 0 Å². The quantitative estimate of drug-likeness (QED) is 0.481. The van der Waals surface area contributed by atoms with Crippen molar-refractivity contribution < 1.29 is 19.4 Å². The molecule has 6 heteroatoms. The van der Waals surface area contributed by atoms with E-state index in [4.69, 9.17) is 4.74 Å². The summed E-state index contributed by atoms with van der Waals surface area (Å²) in [6.45, 7) is 0. The van der Waals surface area contributed by atoms with Crippen molar-refractivity contribution in [3.63, 3.8) is 0 Å². The van der Waals surface area contributed by atoms with Gasteiger partial charge in [-0.1, -0.05) is 28.1 Å². The van der Waals surface area contributed by atoms with Crippen LogP contribution < -0.4 is 10.1 Å². The van der Waals surface area contributed by atoms with Crippen molar-refractivity contribution >= 4 is 33.4 Å². The van der Waals surface area contributed by atoms with Crippen molar-refractivity contribution in [2.45, 2.75) is 6.04 Å². The Balaban J connectivity index is 2.07. The third-order valence-electron chi connectivity index (χ3n) is 3.84. The largest absolute Gasteiger partial charge is 0.507 e. The predicted molar refractivity (Wildman–Crippen MR) is 92.6 cm³/mol. The van der Waals surface area contributed by atoms with Gasteiger partial charge in [0.2, 0.25) is 0 Å². The van der Waals surface area contributed by atoms with Gasteiger partial charge in [-0.25, -0.2) is 0 Å².